The van der Waals surface area contributed by atoms with E-state index in [2.05, 4.69) is 34.6 Å². The molecular weight excluding hydrogens is 444 g/mol. The van der Waals surface area contributed by atoms with Crippen molar-refractivity contribution in [3.8, 4) is 38.6 Å². The molecule has 0 fully saturated rings. The molecule has 7 heteroatoms. The number of aromatic nitrogens is 3. The molecule has 0 unspecified atom stereocenters. The second kappa shape index (κ2) is 9.33. The number of aliphatic carboxylic acids is 1. The second-order valence-corrected chi connectivity index (χ2v) is 8.72. The summed E-state index contributed by atoms with van der Waals surface area (Å²) in [7, 11) is 0. The van der Waals surface area contributed by atoms with Crippen LogP contribution in [0.2, 0.25) is 0 Å². The van der Waals surface area contributed by atoms with Crippen LogP contribution in [0.3, 0.4) is 0 Å². The Morgan fingerprint density at radius 3 is 2.59 bits per heavy atom. The van der Waals surface area contributed by atoms with Gasteiger partial charge in [0, 0.05) is 46.7 Å². The van der Waals surface area contributed by atoms with Crippen molar-refractivity contribution in [2.75, 3.05) is 5.73 Å². The Morgan fingerprint density at radius 2 is 1.79 bits per heavy atom. The number of hydrogen-bond acceptors (Lipinski definition) is 5. The van der Waals surface area contributed by atoms with Gasteiger partial charge < -0.3 is 15.4 Å². The number of benzene rings is 3. The van der Waals surface area contributed by atoms with Crippen LogP contribution in [0.15, 0.2) is 90.6 Å². The first kappa shape index (κ1) is 21.6. The molecule has 0 bridgehead atoms. The van der Waals surface area contributed by atoms with Crippen LogP contribution in [-0.4, -0.2) is 25.6 Å². The molecule has 0 aliphatic rings. The Kier molecular flexibility index (Phi) is 5.93. The number of nitrogens with zero attached hydrogens (tertiary/aromatic N) is 3. The van der Waals surface area contributed by atoms with E-state index in [1.807, 2.05) is 59.3 Å². The van der Waals surface area contributed by atoms with E-state index in [0.29, 0.717) is 17.9 Å². The van der Waals surface area contributed by atoms with E-state index in [4.69, 9.17) is 15.8 Å². The van der Waals surface area contributed by atoms with Gasteiger partial charge in [-0.25, -0.2) is 9.97 Å². The lowest BCUT2D eigenvalue weighted by atomic mass is 9.98. The van der Waals surface area contributed by atoms with E-state index in [0.717, 1.165) is 38.6 Å². The Balaban J connectivity index is 1.61. The Morgan fingerprint density at radius 1 is 0.971 bits per heavy atom. The molecule has 0 radical (unpaired) electrons. The van der Waals surface area contributed by atoms with Gasteiger partial charge >= 0.3 is 5.97 Å². The molecule has 2 heterocycles. The number of anilines is 1. The molecule has 5 rings (SSSR count). The van der Waals surface area contributed by atoms with Crippen molar-refractivity contribution in [3.05, 3.63) is 96.4 Å². The maximum absolute atomic E-state index is 11.1. The van der Waals surface area contributed by atoms with Gasteiger partial charge in [0.15, 0.2) is 0 Å². The third-order valence-corrected chi connectivity index (χ3v) is 6.44. The maximum Gasteiger partial charge on any atom is 0.303 e. The molecule has 3 aromatic carbocycles. The molecule has 0 aliphatic carbocycles. The Labute approximate surface area is 201 Å². The van der Waals surface area contributed by atoms with Gasteiger partial charge in [-0.15, -0.1) is 11.3 Å². The zero-order valence-corrected chi connectivity index (χ0v) is 19.1. The lowest BCUT2D eigenvalue weighted by Gasteiger charge is -2.13. The van der Waals surface area contributed by atoms with Gasteiger partial charge in [0.25, 0.3) is 0 Å². The quantitative estimate of drug-likeness (QED) is 0.290. The van der Waals surface area contributed by atoms with Gasteiger partial charge in [0.1, 0.15) is 10.8 Å². The monoisotopic (exact) mass is 466 g/mol. The second-order valence-electron chi connectivity index (χ2n) is 7.87. The van der Waals surface area contributed by atoms with Gasteiger partial charge in [0.05, 0.1) is 12.1 Å². The van der Waals surface area contributed by atoms with Gasteiger partial charge in [-0.1, -0.05) is 42.5 Å². The number of nitrogen functional groups attached to an aromatic ring is 1. The van der Waals surface area contributed by atoms with Gasteiger partial charge in [-0.3, -0.25) is 4.79 Å². The molecule has 3 N–H and O–H groups in total. The molecule has 0 atom stereocenters. The Bertz CT molecular complexity index is 1460. The van der Waals surface area contributed by atoms with Crippen molar-refractivity contribution in [3.63, 3.8) is 0 Å². The average molecular weight is 467 g/mol. The van der Waals surface area contributed by atoms with Crippen LogP contribution < -0.4 is 5.73 Å². The van der Waals surface area contributed by atoms with E-state index >= 15 is 0 Å². The molecule has 0 aliphatic heterocycles. The van der Waals surface area contributed by atoms with E-state index in [1.165, 1.54) is 0 Å². The number of nitrogens with two attached hydrogens (primary N) is 1. The summed E-state index contributed by atoms with van der Waals surface area (Å²) in [6.45, 7) is 0. The molecule has 0 saturated heterocycles. The summed E-state index contributed by atoms with van der Waals surface area (Å²) in [6.07, 6.45) is 3.92. The fraction of sp³-hybridized carbons (Fsp3) is 0.0741. The highest BCUT2D eigenvalue weighted by Crippen LogP contribution is 2.37. The highest BCUT2D eigenvalue weighted by molar-refractivity contribution is 7.13. The summed E-state index contributed by atoms with van der Waals surface area (Å²) in [4.78, 5) is 20.4. The van der Waals surface area contributed by atoms with Crippen LogP contribution in [0.1, 0.15) is 12.2 Å². The minimum atomic E-state index is -0.844. The fourth-order valence-electron chi connectivity index (χ4n) is 3.93. The first-order chi connectivity index (χ1) is 16.6. The summed E-state index contributed by atoms with van der Waals surface area (Å²) < 4.78 is 1.93. The van der Waals surface area contributed by atoms with Gasteiger partial charge in [-0.2, -0.15) is 0 Å². The fourth-order valence-corrected chi connectivity index (χ4v) is 4.79. The van der Waals surface area contributed by atoms with Crippen molar-refractivity contribution in [2.45, 2.75) is 12.8 Å². The number of thiazole rings is 1. The number of hydrogen-bond donors (Lipinski definition) is 2. The third kappa shape index (κ3) is 4.46. The highest BCUT2D eigenvalue weighted by atomic mass is 32.1. The normalized spacial score (nSPS) is 10.9. The van der Waals surface area contributed by atoms with Crippen LogP contribution >= 0.6 is 11.3 Å². The van der Waals surface area contributed by atoms with Crippen LogP contribution in [0, 0.1) is 0 Å². The van der Waals surface area contributed by atoms with E-state index in [1.54, 1.807) is 17.5 Å². The number of carboxylic acids is 1. The number of carboxylic acid groups (broad SMARTS) is 1. The van der Waals surface area contributed by atoms with Gasteiger partial charge in [0.2, 0.25) is 0 Å². The van der Waals surface area contributed by atoms with Crippen molar-refractivity contribution >= 4 is 23.0 Å². The minimum absolute atomic E-state index is 0.0263. The van der Waals surface area contributed by atoms with E-state index < -0.39 is 5.97 Å². The highest BCUT2D eigenvalue weighted by Gasteiger charge is 2.15. The summed E-state index contributed by atoms with van der Waals surface area (Å²) in [6, 6.07) is 24.1. The molecule has 168 valence electrons. The van der Waals surface area contributed by atoms with Crippen LogP contribution in [0.4, 0.5) is 5.69 Å². The summed E-state index contributed by atoms with van der Waals surface area (Å²) >= 11 is 1.60. The van der Waals surface area contributed by atoms with E-state index in [-0.39, 0.29) is 6.42 Å². The molecule has 5 aromatic rings. The predicted octanol–water partition coefficient (Wildman–Crippen LogP) is 5.93. The first-order valence-electron chi connectivity index (χ1n) is 10.8. The summed E-state index contributed by atoms with van der Waals surface area (Å²) in [5.74, 6) is -0.141. The summed E-state index contributed by atoms with van der Waals surface area (Å²) in [5, 5.41) is 12.1. The smallest absolute Gasteiger partial charge is 0.303 e. The largest absolute Gasteiger partial charge is 0.481 e. The van der Waals surface area contributed by atoms with Crippen LogP contribution in [0.25, 0.3) is 38.6 Å². The van der Waals surface area contributed by atoms with Crippen molar-refractivity contribution < 1.29 is 9.90 Å². The topological polar surface area (TPSA) is 94.0 Å². The van der Waals surface area contributed by atoms with Crippen molar-refractivity contribution in [1.82, 2.24) is 14.5 Å². The molecule has 2 aromatic heterocycles. The number of aryl methyl sites for hydroxylation is 1. The van der Waals surface area contributed by atoms with Crippen molar-refractivity contribution in [1.29, 1.82) is 0 Å². The molecule has 0 spiro atoms. The average Bonchev–Trinajstić information content (AvgIpc) is 3.53. The lowest BCUT2D eigenvalue weighted by Crippen LogP contribution is -2.05. The van der Waals surface area contributed by atoms with Gasteiger partial charge in [-0.05, 0) is 41.5 Å². The minimum Gasteiger partial charge on any atom is -0.481 e. The van der Waals surface area contributed by atoms with Crippen molar-refractivity contribution in [2.24, 2.45) is 0 Å². The van der Waals surface area contributed by atoms with Crippen LogP contribution in [-0.2, 0) is 11.2 Å². The van der Waals surface area contributed by atoms with Crippen LogP contribution in [0.5, 0.6) is 0 Å². The maximum atomic E-state index is 11.1. The number of rotatable bonds is 7. The summed E-state index contributed by atoms with van der Waals surface area (Å²) in [5.41, 5.74) is 12.7. The van der Waals surface area contributed by atoms with E-state index in [9.17, 15) is 4.79 Å². The standard InChI is InChI=1S/C27H22N4O2S/c28-20-8-4-7-19(15-20)23-16-21(31-14-13-29-25(31)11-12-26(32)33)9-10-22(23)27-30-24(17-34-27)18-5-2-1-3-6-18/h1-10,13-17H,11-12,28H2,(H,32,33). The molecule has 34 heavy (non-hydrogen) atoms. The zero-order valence-electron chi connectivity index (χ0n) is 18.3. The number of imidazole rings is 1. The Hall–Kier alpha value is -4.23. The SMILES string of the molecule is Nc1cccc(-c2cc(-n3ccnc3CCC(=O)O)ccc2-c2nc(-c3ccccc3)cs2)c1. The predicted molar refractivity (Wildman–Crippen MR) is 136 cm³/mol. The molecular formula is C27H22N4O2S. The molecule has 0 amide bonds. The molecule has 6 nitrogen and oxygen atoms in total. The first-order valence-corrected chi connectivity index (χ1v) is 11.7. The number of carbonyl (C=O) groups is 1. The third-order valence-electron chi connectivity index (χ3n) is 5.56. The lowest BCUT2D eigenvalue weighted by molar-refractivity contribution is -0.137. The molecule has 0 saturated carbocycles. The zero-order chi connectivity index (χ0) is 23.5.